The number of piperidine rings is 1. The molecule has 2 unspecified atom stereocenters. The lowest BCUT2D eigenvalue weighted by Gasteiger charge is -2.35. The van der Waals surface area contributed by atoms with Gasteiger partial charge in [-0.1, -0.05) is 0 Å². The summed E-state index contributed by atoms with van der Waals surface area (Å²) in [6.07, 6.45) is 3.60. The minimum absolute atomic E-state index is 0.214. The average Bonchev–Trinajstić information content (AvgIpc) is 2.60. The van der Waals surface area contributed by atoms with Crippen LogP contribution in [0.15, 0.2) is 0 Å². The van der Waals surface area contributed by atoms with Gasteiger partial charge in [-0.15, -0.1) is 0 Å². The van der Waals surface area contributed by atoms with Gasteiger partial charge in [0.05, 0.1) is 17.6 Å². The molecule has 4 nitrogen and oxygen atoms in total. The molecule has 2 atom stereocenters. The molecular weight excluding hydrogens is 224 g/mol. The molecule has 2 rings (SSSR count). The maximum absolute atomic E-state index is 11.4. The first-order chi connectivity index (χ1) is 7.61. The number of sulfone groups is 1. The summed E-state index contributed by atoms with van der Waals surface area (Å²) in [5.41, 5.74) is 0. The molecule has 0 aromatic carbocycles. The Balaban J connectivity index is 1.93. The number of hydrogen-bond acceptors (Lipinski definition) is 4. The highest BCUT2D eigenvalue weighted by Gasteiger charge is 2.34. The molecule has 2 aliphatic rings. The lowest BCUT2D eigenvalue weighted by molar-refractivity contribution is 0.136. The van der Waals surface area contributed by atoms with Gasteiger partial charge in [-0.2, -0.15) is 5.26 Å². The molecule has 2 saturated heterocycles. The van der Waals surface area contributed by atoms with Crippen LogP contribution in [0.5, 0.6) is 0 Å². The molecule has 90 valence electrons. The monoisotopic (exact) mass is 242 g/mol. The van der Waals surface area contributed by atoms with Crippen LogP contribution in [0.4, 0.5) is 0 Å². The van der Waals surface area contributed by atoms with E-state index in [9.17, 15) is 8.42 Å². The van der Waals surface area contributed by atoms with Gasteiger partial charge < -0.3 is 0 Å². The van der Waals surface area contributed by atoms with E-state index >= 15 is 0 Å². The van der Waals surface area contributed by atoms with Crippen LogP contribution in [0, 0.1) is 17.2 Å². The fourth-order valence-corrected chi connectivity index (χ4v) is 4.55. The molecule has 5 heteroatoms. The van der Waals surface area contributed by atoms with Crippen LogP contribution in [0.2, 0.25) is 0 Å². The Kier molecular flexibility index (Phi) is 3.50. The Morgan fingerprint density at radius 3 is 2.81 bits per heavy atom. The van der Waals surface area contributed by atoms with E-state index in [2.05, 4.69) is 11.0 Å². The third kappa shape index (κ3) is 2.74. The summed E-state index contributed by atoms with van der Waals surface area (Å²) in [6, 6.07) is 2.43. The molecule has 0 spiro atoms. The minimum atomic E-state index is -2.78. The van der Waals surface area contributed by atoms with Crippen LogP contribution in [0.1, 0.15) is 25.7 Å². The van der Waals surface area contributed by atoms with Crippen molar-refractivity contribution in [2.45, 2.75) is 31.7 Å². The number of nitriles is 1. The van der Waals surface area contributed by atoms with Gasteiger partial charge in [0.2, 0.25) is 0 Å². The first kappa shape index (κ1) is 11.9. The zero-order valence-electron chi connectivity index (χ0n) is 9.43. The van der Waals surface area contributed by atoms with E-state index in [1.807, 2.05) is 0 Å². The Morgan fingerprint density at radius 1 is 1.38 bits per heavy atom. The van der Waals surface area contributed by atoms with Gasteiger partial charge in [-0.25, -0.2) is 8.42 Å². The van der Waals surface area contributed by atoms with Gasteiger partial charge in [0.1, 0.15) is 0 Å². The van der Waals surface area contributed by atoms with E-state index < -0.39 is 9.84 Å². The number of rotatable bonds is 2. The topological polar surface area (TPSA) is 61.2 Å². The Morgan fingerprint density at radius 2 is 2.19 bits per heavy atom. The molecule has 0 aliphatic carbocycles. The smallest absolute Gasteiger partial charge is 0.151 e. The predicted molar refractivity (Wildman–Crippen MR) is 61.6 cm³/mol. The van der Waals surface area contributed by atoms with Crippen molar-refractivity contribution in [2.75, 3.05) is 24.6 Å². The predicted octanol–water partition coefficient (Wildman–Crippen LogP) is 0.799. The van der Waals surface area contributed by atoms with Crippen LogP contribution in [0.3, 0.4) is 0 Å². The molecule has 0 amide bonds. The highest BCUT2D eigenvalue weighted by Crippen LogP contribution is 2.25. The first-order valence-electron chi connectivity index (χ1n) is 5.92. The van der Waals surface area contributed by atoms with Gasteiger partial charge in [0, 0.05) is 19.0 Å². The van der Waals surface area contributed by atoms with E-state index in [1.165, 1.54) is 0 Å². The number of hydrogen-bond donors (Lipinski definition) is 0. The zero-order chi connectivity index (χ0) is 11.6. The third-order valence-electron chi connectivity index (χ3n) is 3.66. The normalized spacial score (nSPS) is 34.7. The van der Waals surface area contributed by atoms with E-state index in [1.54, 1.807) is 0 Å². The van der Waals surface area contributed by atoms with Gasteiger partial charge in [-0.3, -0.25) is 4.90 Å². The number of likely N-dealkylation sites (tertiary alicyclic amines) is 1. The molecular formula is C11H18N2O2S. The van der Waals surface area contributed by atoms with Crippen molar-refractivity contribution in [1.82, 2.24) is 4.90 Å². The fraction of sp³-hybridized carbons (Fsp3) is 0.909. The Bertz CT molecular complexity index is 385. The van der Waals surface area contributed by atoms with Crippen molar-refractivity contribution < 1.29 is 8.42 Å². The molecule has 0 saturated carbocycles. The zero-order valence-corrected chi connectivity index (χ0v) is 10.2. The van der Waals surface area contributed by atoms with Crippen molar-refractivity contribution in [1.29, 1.82) is 5.26 Å². The second-order valence-corrected chi connectivity index (χ2v) is 7.15. The van der Waals surface area contributed by atoms with E-state index in [0.717, 1.165) is 32.4 Å². The second kappa shape index (κ2) is 4.72. The van der Waals surface area contributed by atoms with E-state index in [0.29, 0.717) is 23.8 Å². The van der Waals surface area contributed by atoms with Gasteiger partial charge in [0.25, 0.3) is 0 Å². The summed E-state index contributed by atoms with van der Waals surface area (Å²) in [5, 5.41) is 8.69. The molecule has 16 heavy (non-hydrogen) atoms. The van der Waals surface area contributed by atoms with Crippen molar-refractivity contribution in [3.63, 3.8) is 0 Å². The molecule has 2 heterocycles. The highest BCUT2D eigenvalue weighted by atomic mass is 32.2. The van der Waals surface area contributed by atoms with Crippen LogP contribution in [-0.2, 0) is 9.84 Å². The molecule has 0 bridgehead atoms. The summed E-state index contributed by atoms with van der Waals surface area (Å²) >= 11 is 0. The quantitative estimate of drug-likeness (QED) is 0.718. The standard InChI is InChI=1S/C11H18N2O2S/c12-5-3-10-2-1-6-13(8-10)11-4-7-16(14,15)9-11/h10-11H,1-4,6-9H2. The fourth-order valence-electron chi connectivity index (χ4n) is 2.79. The number of nitrogens with zero attached hydrogens (tertiary/aromatic N) is 2. The third-order valence-corrected chi connectivity index (χ3v) is 5.41. The summed E-state index contributed by atoms with van der Waals surface area (Å²) < 4.78 is 22.8. The van der Waals surface area contributed by atoms with Crippen molar-refractivity contribution in [3.8, 4) is 6.07 Å². The molecule has 0 radical (unpaired) electrons. The maximum Gasteiger partial charge on any atom is 0.151 e. The average molecular weight is 242 g/mol. The maximum atomic E-state index is 11.4. The molecule has 0 N–H and O–H groups in total. The SMILES string of the molecule is N#CCC1CCCN(C2CCS(=O)(=O)C2)C1. The summed E-state index contributed by atoms with van der Waals surface area (Å²) in [6.45, 7) is 1.91. The van der Waals surface area contributed by atoms with Crippen molar-refractivity contribution >= 4 is 9.84 Å². The van der Waals surface area contributed by atoms with Crippen molar-refractivity contribution in [2.24, 2.45) is 5.92 Å². The summed E-state index contributed by atoms with van der Waals surface area (Å²) in [7, 11) is -2.78. The Hall–Kier alpha value is -0.600. The largest absolute Gasteiger partial charge is 0.299 e. The molecule has 0 aromatic heterocycles. The van der Waals surface area contributed by atoms with Crippen LogP contribution >= 0.6 is 0 Å². The Labute approximate surface area is 97.2 Å². The van der Waals surface area contributed by atoms with Crippen molar-refractivity contribution in [3.05, 3.63) is 0 Å². The van der Waals surface area contributed by atoms with Gasteiger partial charge in [0.15, 0.2) is 9.84 Å². The molecule has 0 aromatic rings. The molecule has 2 aliphatic heterocycles. The second-order valence-electron chi connectivity index (χ2n) is 4.92. The van der Waals surface area contributed by atoms with E-state index in [-0.39, 0.29) is 6.04 Å². The highest BCUT2D eigenvalue weighted by molar-refractivity contribution is 7.91. The molecule has 2 fully saturated rings. The first-order valence-corrected chi connectivity index (χ1v) is 7.74. The lowest BCUT2D eigenvalue weighted by atomic mass is 9.94. The van der Waals surface area contributed by atoms with Gasteiger partial charge >= 0.3 is 0 Å². The van der Waals surface area contributed by atoms with Crippen LogP contribution in [0.25, 0.3) is 0 Å². The lowest BCUT2D eigenvalue weighted by Crippen LogP contribution is -2.43. The summed E-state index contributed by atoms with van der Waals surface area (Å²) in [4.78, 5) is 2.29. The van der Waals surface area contributed by atoms with Crippen LogP contribution in [-0.4, -0.2) is 44.0 Å². The van der Waals surface area contributed by atoms with E-state index in [4.69, 9.17) is 5.26 Å². The van der Waals surface area contributed by atoms with Gasteiger partial charge in [-0.05, 0) is 31.7 Å². The minimum Gasteiger partial charge on any atom is -0.299 e. The summed E-state index contributed by atoms with van der Waals surface area (Å²) in [5.74, 6) is 1.12. The van der Waals surface area contributed by atoms with Crippen LogP contribution < -0.4 is 0 Å².